The molecule has 0 radical (unpaired) electrons. The monoisotopic (exact) mass is 385 g/mol. The molecule has 0 aliphatic rings. The highest BCUT2D eigenvalue weighted by Gasteiger charge is 2.12. The summed E-state index contributed by atoms with van der Waals surface area (Å²) in [5.74, 6) is 0.518. The molecule has 3 rings (SSSR count). The third kappa shape index (κ3) is 5.16. The quantitative estimate of drug-likeness (QED) is 0.634. The molecule has 146 valence electrons. The van der Waals surface area contributed by atoms with Crippen LogP contribution in [0.15, 0.2) is 60.9 Å². The Bertz CT molecular complexity index is 941. The number of carbonyl (C=O) groups is 1. The van der Waals surface area contributed by atoms with Crippen molar-refractivity contribution < 1.29 is 18.3 Å². The third-order valence-corrected chi connectivity index (χ3v) is 4.18. The van der Waals surface area contributed by atoms with Crippen LogP contribution in [-0.2, 0) is 13.0 Å². The van der Waals surface area contributed by atoms with Crippen LogP contribution in [0.5, 0.6) is 5.75 Å². The molecule has 0 fully saturated rings. The summed E-state index contributed by atoms with van der Waals surface area (Å²) in [5.41, 5.74) is 2.64. The highest BCUT2D eigenvalue weighted by atomic mass is 19.3. The lowest BCUT2D eigenvalue weighted by molar-refractivity contribution is 0.0670. The van der Waals surface area contributed by atoms with Crippen LogP contribution in [0.25, 0.3) is 0 Å². The molecular formula is C21H21F2N3O2. The number of nitrogens with zero attached hydrogens (tertiary/aromatic N) is 2. The van der Waals surface area contributed by atoms with E-state index in [1.54, 1.807) is 24.3 Å². The maximum absolute atomic E-state index is 12.8. The number of halogens is 2. The summed E-state index contributed by atoms with van der Waals surface area (Å²) in [4.78, 5) is 16.2. The number of aryl methyl sites for hydroxylation is 1. The van der Waals surface area contributed by atoms with Gasteiger partial charge in [-0.25, -0.2) is 4.98 Å². The minimum Gasteiger partial charge on any atom is -0.489 e. The van der Waals surface area contributed by atoms with E-state index in [-0.39, 0.29) is 24.7 Å². The predicted octanol–water partition coefficient (Wildman–Crippen LogP) is 4.14. The number of nitrogens with one attached hydrogen (secondary N) is 1. The maximum Gasteiger partial charge on any atom is 0.319 e. The van der Waals surface area contributed by atoms with Gasteiger partial charge in [0.25, 0.3) is 5.91 Å². The van der Waals surface area contributed by atoms with Crippen LogP contribution in [-0.4, -0.2) is 22.0 Å². The molecule has 28 heavy (non-hydrogen) atoms. The molecule has 3 aromatic rings. The summed E-state index contributed by atoms with van der Waals surface area (Å²) < 4.78 is 32.1. The first kappa shape index (κ1) is 19.5. The van der Waals surface area contributed by atoms with Crippen molar-refractivity contribution in [2.45, 2.75) is 26.5 Å². The zero-order valence-corrected chi connectivity index (χ0v) is 15.4. The summed E-state index contributed by atoms with van der Waals surface area (Å²) >= 11 is 0. The molecule has 0 spiro atoms. The number of amides is 1. The van der Waals surface area contributed by atoms with Crippen molar-refractivity contribution in [3.8, 4) is 5.75 Å². The molecule has 5 nitrogen and oxygen atoms in total. The number of benzene rings is 2. The van der Waals surface area contributed by atoms with Gasteiger partial charge in [0.15, 0.2) is 0 Å². The standard InChI is InChI=1S/C21H21F2N3O2/c1-15-4-2-5-16(12-15)14-28-18-7-3-6-17(13-18)20(27)25-9-8-19-24-10-11-26(19)21(22)23/h2-7,10-13,21H,8-9,14H2,1H3,(H,25,27). The summed E-state index contributed by atoms with van der Waals surface area (Å²) in [6.07, 6.45) is 2.75. The minimum atomic E-state index is -2.64. The Morgan fingerprint density at radius 3 is 2.82 bits per heavy atom. The predicted molar refractivity (Wildman–Crippen MR) is 101 cm³/mol. The number of hydrogen-bond acceptors (Lipinski definition) is 3. The lowest BCUT2D eigenvalue weighted by atomic mass is 10.1. The molecule has 0 saturated carbocycles. The molecule has 7 heteroatoms. The van der Waals surface area contributed by atoms with E-state index in [2.05, 4.69) is 10.3 Å². The van der Waals surface area contributed by atoms with E-state index in [4.69, 9.17) is 4.74 Å². The second kappa shape index (κ2) is 9.12. The number of aromatic nitrogens is 2. The average molecular weight is 385 g/mol. The zero-order chi connectivity index (χ0) is 19.9. The van der Waals surface area contributed by atoms with E-state index in [0.29, 0.717) is 17.9 Å². The maximum atomic E-state index is 12.8. The van der Waals surface area contributed by atoms with Crippen LogP contribution >= 0.6 is 0 Å². The van der Waals surface area contributed by atoms with Gasteiger partial charge in [-0.1, -0.05) is 35.9 Å². The Kier molecular flexibility index (Phi) is 6.37. The number of rotatable bonds is 8. The Morgan fingerprint density at radius 1 is 1.21 bits per heavy atom. The van der Waals surface area contributed by atoms with Crippen molar-refractivity contribution in [2.75, 3.05) is 6.54 Å². The van der Waals surface area contributed by atoms with E-state index in [9.17, 15) is 13.6 Å². The van der Waals surface area contributed by atoms with E-state index in [0.717, 1.165) is 15.7 Å². The molecule has 0 atom stereocenters. The fraction of sp³-hybridized carbons (Fsp3) is 0.238. The van der Waals surface area contributed by atoms with Gasteiger partial charge in [0, 0.05) is 30.9 Å². The molecule has 1 amide bonds. The van der Waals surface area contributed by atoms with Gasteiger partial charge in [-0.2, -0.15) is 8.78 Å². The average Bonchev–Trinajstić information content (AvgIpc) is 3.15. The van der Waals surface area contributed by atoms with Crippen LogP contribution in [0.2, 0.25) is 0 Å². The number of imidazole rings is 1. The lowest BCUT2D eigenvalue weighted by Gasteiger charge is -2.10. The van der Waals surface area contributed by atoms with Crippen LogP contribution in [0.1, 0.15) is 33.9 Å². The third-order valence-electron chi connectivity index (χ3n) is 4.18. The topological polar surface area (TPSA) is 56.1 Å². The SMILES string of the molecule is Cc1cccc(COc2cccc(C(=O)NCCc3nccn3C(F)F)c2)c1. The number of alkyl halides is 2. The van der Waals surface area contributed by atoms with Gasteiger partial charge in [0.05, 0.1) is 0 Å². The molecule has 2 aromatic carbocycles. The molecule has 1 aromatic heterocycles. The van der Waals surface area contributed by atoms with Crippen molar-refractivity contribution in [2.24, 2.45) is 0 Å². The van der Waals surface area contributed by atoms with Crippen LogP contribution < -0.4 is 10.1 Å². The first-order chi connectivity index (χ1) is 13.5. The summed E-state index contributed by atoms with van der Waals surface area (Å²) in [5, 5.41) is 2.72. The van der Waals surface area contributed by atoms with Gasteiger partial charge in [-0.15, -0.1) is 0 Å². The molecule has 0 aliphatic carbocycles. The summed E-state index contributed by atoms with van der Waals surface area (Å²) in [7, 11) is 0. The number of ether oxygens (including phenoxy) is 1. The second-order valence-corrected chi connectivity index (χ2v) is 6.34. The molecule has 0 aliphatic heterocycles. The van der Waals surface area contributed by atoms with Crippen LogP contribution in [0, 0.1) is 6.92 Å². The van der Waals surface area contributed by atoms with Crippen molar-refractivity contribution in [1.29, 1.82) is 0 Å². The van der Waals surface area contributed by atoms with Gasteiger partial charge < -0.3 is 10.1 Å². The fourth-order valence-corrected chi connectivity index (χ4v) is 2.80. The molecule has 0 saturated heterocycles. The van der Waals surface area contributed by atoms with Crippen molar-refractivity contribution in [3.63, 3.8) is 0 Å². The Labute approximate surface area is 162 Å². The molecule has 1 N–H and O–H groups in total. The molecular weight excluding hydrogens is 364 g/mol. The van der Waals surface area contributed by atoms with Gasteiger partial charge in [-0.3, -0.25) is 9.36 Å². The van der Waals surface area contributed by atoms with Gasteiger partial charge in [-0.05, 0) is 30.7 Å². The smallest absolute Gasteiger partial charge is 0.319 e. The normalized spacial score (nSPS) is 10.9. The van der Waals surface area contributed by atoms with Crippen LogP contribution in [0.3, 0.4) is 0 Å². The Hall–Kier alpha value is -3.22. The minimum absolute atomic E-state index is 0.205. The van der Waals surface area contributed by atoms with Crippen molar-refractivity contribution in [3.05, 3.63) is 83.4 Å². The first-order valence-corrected chi connectivity index (χ1v) is 8.89. The lowest BCUT2D eigenvalue weighted by Crippen LogP contribution is -2.26. The number of carbonyl (C=O) groups excluding carboxylic acids is 1. The van der Waals surface area contributed by atoms with E-state index < -0.39 is 6.55 Å². The van der Waals surface area contributed by atoms with Crippen molar-refractivity contribution >= 4 is 5.91 Å². The summed E-state index contributed by atoms with van der Waals surface area (Å²) in [6, 6.07) is 14.9. The fourth-order valence-electron chi connectivity index (χ4n) is 2.80. The number of hydrogen-bond donors (Lipinski definition) is 1. The highest BCUT2D eigenvalue weighted by Crippen LogP contribution is 2.16. The van der Waals surface area contributed by atoms with E-state index in [1.807, 2.05) is 31.2 Å². The zero-order valence-electron chi connectivity index (χ0n) is 15.4. The highest BCUT2D eigenvalue weighted by molar-refractivity contribution is 5.94. The Balaban J connectivity index is 1.54. The molecule has 0 unspecified atom stereocenters. The Morgan fingerprint density at radius 2 is 2.04 bits per heavy atom. The summed E-state index contributed by atoms with van der Waals surface area (Å²) in [6.45, 7) is -0.0160. The molecule has 0 bridgehead atoms. The van der Waals surface area contributed by atoms with Gasteiger partial charge in [0.2, 0.25) is 0 Å². The second-order valence-electron chi connectivity index (χ2n) is 6.34. The van der Waals surface area contributed by atoms with Crippen molar-refractivity contribution in [1.82, 2.24) is 14.9 Å². The van der Waals surface area contributed by atoms with E-state index >= 15 is 0 Å². The molecule has 1 heterocycles. The van der Waals surface area contributed by atoms with Gasteiger partial charge in [0.1, 0.15) is 18.2 Å². The van der Waals surface area contributed by atoms with Crippen LogP contribution in [0.4, 0.5) is 8.78 Å². The first-order valence-electron chi connectivity index (χ1n) is 8.89. The van der Waals surface area contributed by atoms with Gasteiger partial charge >= 0.3 is 6.55 Å². The van der Waals surface area contributed by atoms with E-state index in [1.165, 1.54) is 12.4 Å². The largest absolute Gasteiger partial charge is 0.489 e.